The normalized spacial score (nSPS) is 17.7. The molecule has 1 fully saturated rings. The molecule has 1 atom stereocenters. The predicted molar refractivity (Wildman–Crippen MR) is 94.9 cm³/mol. The Balaban J connectivity index is 1.70. The maximum atomic E-state index is 12.7. The zero-order chi connectivity index (χ0) is 18.8. The minimum atomic E-state index is -1.02. The van der Waals surface area contributed by atoms with Gasteiger partial charge in [0, 0.05) is 11.5 Å². The molecular weight excluding hydrogens is 337 g/mol. The summed E-state index contributed by atoms with van der Waals surface area (Å²) in [6, 6.07) is 2.73. The maximum absolute atomic E-state index is 12.7. The SMILES string of the molecule is Cc1c(C(=O)NC(C(=O)OCC2COC2)C(C)C)ccc2c1B(O)OC2. The van der Waals surface area contributed by atoms with Gasteiger partial charge in [0.25, 0.3) is 5.91 Å². The standard InChI is InChI=1S/C18H24BNO6/c1-10(2)16(18(22)25-8-12-6-24-7-12)20-17(21)14-5-4-13-9-26-19(23)15(13)11(14)3/h4-5,10,12,16,23H,6-9H2,1-3H3,(H,20,21). The number of hydrogen-bond donors (Lipinski definition) is 2. The summed E-state index contributed by atoms with van der Waals surface area (Å²) in [6.45, 7) is 7.31. The zero-order valence-electron chi connectivity index (χ0n) is 15.3. The van der Waals surface area contributed by atoms with Crippen LogP contribution in [0.2, 0.25) is 0 Å². The molecule has 7 nitrogen and oxygen atoms in total. The first-order valence-corrected chi connectivity index (χ1v) is 8.85. The van der Waals surface area contributed by atoms with E-state index in [1.807, 2.05) is 13.8 Å². The van der Waals surface area contributed by atoms with E-state index in [0.29, 0.717) is 43.0 Å². The summed E-state index contributed by atoms with van der Waals surface area (Å²) in [5, 5.41) is 12.7. The van der Waals surface area contributed by atoms with Crippen LogP contribution in [0, 0.1) is 18.8 Å². The summed E-state index contributed by atoms with van der Waals surface area (Å²) in [5.74, 6) is -0.690. The van der Waals surface area contributed by atoms with Gasteiger partial charge in [0.2, 0.25) is 0 Å². The van der Waals surface area contributed by atoms with E-state index in [1.54, 1.807) is 19.1 Å². The number of fused-ring (bicyclic) bond motifs is 1. The van der Waals surface area contributed by atoms with Crippen molar-refractivity contribution in [3.05, 3.63) is 28.8 Å². The van der Waals surface area contributed by atoms with E-state index in [9.17, 15) is 14.6 Å². The van der Waals surface area contributed by atoms with Crippen LogP contribution in [0.5, 0.6) is 0 Å². The van der Waals surface area contributed by atoms with E-state index in [-0.39, 0.29) is 17.7 Å². The first kappa shape index (κ1) is 18.9. The van der Waals surface area contributed by atoms with Gasteiger partial charge < -0.3 is 24.5 Å². The average Bonchev–Trinajstić information content (AvgIpc) is 2.92. The molecule has 2 aliphatic rings. The molecule has 2 heterocycles. The first-order valence-electron chi connectivity index (χ1n) is 8.85. The second-order valence-corrected chi connectivity index (χ2v) is 7.20. The lowest BCUT2D eigenvalue weighted by atomic mass is 9.75. The molecule has 2 N–H and O–H groups in total. The Morgan fingerprint density at radius 3 is 2.73 bits per heavy atom. The lowest BCUT2D eigenvalue weighted by Gasteiger charge is -2.27. The molecule has 140 valence electrons. The van der Waals surface area contributed by atoms with Crippen LogP contribution in [0.15, 0.2) is 12.1 Å². The van der Waals surface area contributed by atoms with Gasteiger partial charge in [-0.3, -0.25) is 4.79 Å². The van der Waals surface area contributed by atoms with Crippen molar-refractivity contribution in [2.24, 2.45) is 11.8 Å². The molecule has 26 heavy (non-hydrogen) atoms. The van der Waals surface area contributed by atoms with Crippen LogP contribution in [0.4, 0.5) is 0 Å². The predicted octanol–water partition coefficient (Wildman–Crippen LogP) is 0.157. The number of ether oxygens (including phenoxy) is 2. The highest BCUT2D eigenvalue weighted by Gasteiger charge is 2.33. The van der Waals surface area contributed by atoms with Crippen molar-refractivity contribution in [1.82, 2.24) is 5.32 Å². The van der Waals surface area contributed by atoms with E-state index >= 15 is 0 Å². The van der Waals surface area contributed by atoms with Gasteiger partial charge in [-0.2, -0.15) is 0 Å². The quantitative estimate of drug-likeness (QED) is 0.554. The van der Waals surface area contributed by atoms with E-state index < -0.39 is 19.1 Å². The summed E-state index contributed by atoms with van der Waals surface area (Å²) < 4.78 is 15.6. The average molecular weight is 361 g/mol. The van der Waals surface area contributed by atoms with E-state index in [4.69, 9.17) is 14.1 Å². The molecule has 0 radical (unpaired) electrons. The Bertz CT molecular complexity index is 703. The van der Waals surface area contributed by atoms with E-state index in [0.717, 1.165) is 5.56 Å². The van der Waals surface area contributed by atoms with Crippen molar-refractivity contribution in [3.8, 4) is 0 Å². The monoisotopic (exact) mass is 361 g/mol. The van der Waals surface area contributed by atoms with Gasteiger partial charge in [-0.05, 0) is 35.5 Å². The molecule has 1 aromatic rings. The summed E-state index contributed by atoms with van der Waals surface area (Å²) in [5.41, 5.74) is 2.58. The topological polar surface area (TPSA) is 94.1 Å². The number of carbonyl (C=O) groups is 2. The molecule has 0 saturated carbocycles. The van der Waals surface area contributed by atoms with Crippen molar-refractivity contribution in [2.45, 2.75) is 33.4 Å². The molecule has 3 rings (SSSR count). The Hall–Kier alpha value is -1.90. The molecule has 1 amide bonds. The highest BCUT2D eigenvalue weighted by molar-refractivity contribution is 6.62. The Morgan fingerprint density at radius 1 is 1.38 bits per heavy atom. The molecule has 2 aliphatic heterocycles. The second-order valence-electron chi connectivity index (χ2n) is 7.20. The molecule has 0 aliphatic carbocycles. The molecule has 0 bridgehead atoms. The molecule has 1 unspecified atom stereocenters. The van der Waals surface area contributed by atoms with Crippen LogP contribution in [-0.2, 0) is 25.5 Å². The fraction of sp³-hybridized carbons (Fsp3) is 0.556. The van der Waals surface area contributed by atoms with Gasteiger partial charge >= 0.3 is 13.1 Å². The Labute approximate surface area is 153 Å². The van der Waals surface area contributed by atoms with Crippen molar-refractivity contribution in [3.63, 3.8) is 0 Å². The molecule has 1 saturated heterocycles. The molecule has 0 aromatic heterocycles. The number of hydrogen-bond acceptors (Lipinski definition) is 6. The fourth-order valence-corrected chi connectivity index (χ4v) is 3.14. The third-order valence-electron chi connectivity index (χ3n) is 4.87. The Morgan fingerprint density at radius 2 is 2.12 bits per heavy atom. The number of benzene rings is 1. The van der Waals surface area contributed by atoms with Crippen LogP contribution < -0.4 is 10.8 Å². The lowest BCUT2D eigenvalue weighted by Crippen LogP contribution is -2.47. The molecule has 8 heteroatoms. The number of carbonyl (C=O) groups excluding carboxylic acids is 2. The molecule has 1 aromatic carbocycles. The van der Waals surface area contributed by atoms with E-state index in [1.165, 1.54) is 0 Å². The summed E-state index contributed by atoms with van der Waals surface area (Å²) in [4.78, 5) is 25.1. The molecule has 0 spiro atoms. The summed E-state index contributed by atoms with van der Waals surface area (Å²) in [7, 11) is -1.02. The maximum Gasteiger partial charge on any atom is 0.492 e. The zero-order valence-corrected chi connectivity index (χ0v) is 15.3. The summed E-state index contributed by atoms with van der Waals surface area (Å²) in [6.07, 6.45) is 0. The van der Waals surface area contributed by atoms with Gasteiger partial charge in [-0.1, -0.05) is 19.9 Å². The van der Waals surface area contributed by atoms with E-state index in [2.05, 4.69) is 5.32 Å². The molecular formula is C18H24BNO6. The van der Waals surface area contributed by atoms with Crippen molar-refractivity contribution in [2.75, 3.05) is 19.8 Å². The highest BCUT2D eigenvalue weighted by Crippen LogP contribution is 2.17. The lowest BCUT2D eigenvalue weighted by molar-refractivity contribution is -0.154. The van der Waals surface area contributed by atoms with Gasteiger partial charge in [-0.25, -0.2) is 4.79 Å². The van der Waals surface area contributed by atoms with Crippen LogP contribution in [0.25, 0.3) is 0 Å². The minimum Gasteiger partial charge on any atom is -0.464 e. The number of amides is 1. The van der Waals surface area contributed by atoms with Crippen LogP contribution in [0.3, 0.4) is 0 Å². The van der Waals surface area contributed by atoms with Crippen LogP contribution in [-0.4, -0.2) is 49.9 Å². The van der Waals surface area contributed by atoms with Crippen molar-refractivity contribution >= 4 is 24.5 Å². The number of rotatable bonds is 6. The first-order chi connectivity index (χ1) is 12.4. The number of nitrogens with one attached hydrogen (secondary N) is 1. The van der Waals surface area contributed by atoms with Crippen molar-refractivity contribution < 1.29 is 28.7 Å². The van der Waals surface area contributed by atoms with Gasteiger partial charge in [-0.15, -0.1) is 0 Å². The smallest absolute Gasteiger partial charge is 0.464 e. The Kier molecular flexibility index (Phi) is 5.65. The van der Waals surface area contributed by atoms with Crippen LogP contribution in [0.1, 0.15) is 35.3 Å². The third-order valence-corrected chi connectivity index (χ3v) is 4.87. The highest BCUT2D eigenvalue weighted by atomic mass is 16.5. The minimum absolute atomic E-state index is 0.118. The third kappa shape index (κ3) is 3.77. The van der Waals surface area contributed by atoms with Crippen molar-refractivity contribution in [1.29, 1.82) is 0 Å². The van der Waals surface area contributed by atoms with Gasteiger partial charge in [0.15, 0.2) is 0 Å². The van der Waals surface area contributed by atoms with Gasteiger partial charge in [0.1, 0.15) is 6.04 Å². The van der Waals surface area contributed by atoms with Gasteiger partial charge in [0.05, 0.1) is 26.4 Å². The van der Waals surface area contributed by atoms with Crippen LogP contribution >= 0.6 is 0 Å². The second kappa shape index (κ2) is 7.78. The largest absolute Gasteiger partial charge is 0.492 e. The fourth-order valence-electron chi connectivity index (χ4n) is 3.14. The summed E-state index contributed by atoms with van der Waals surface area (Å²) >= 11 is 0. The number of esters is 1.